The summed E-state index contributed by atoms with van der Waals surface area (Å²) in [6.07, 6.45) is 1.25. The van der Waals surface area contributed by atoms with E-state index in [0.29, 0.717) is 25.3 Å². The predicted octanol–water partition coefficient (Wildman–Crippen LogP) is 2.09. The van der Waals surface area contributed by atoms with Crippen molar-refractivity contribution < 1.29 is 14.7 Å². The van der Waals surface area contributed by atoms with Crippen molar-refractivity contribution in [2.24, 2.45) is 5.92 Å². The molecule has 18 heavy (non-hydrogen) atoms. The van der Waals surface area contributed by atoms with Gasteiger partial charge in [0.05, 0.1) is 5.56 Å². The number of carboxylic acids is 1. The van der Waals surface area contributed by atoms with Crippen LogP contribution in [-0.2, 0) is 11.2 Å². The maximum absolute atomic E-state index is 11.4. The van der Waals surface area contributed by atoms with Crippen LogP contribution in [0.5, 0.6) is 0 Å². The van der Waals surface area contributed by atoms with E-state index in [1.54, 1.807) is 24.3 Å². The number of rotatable bonds is 6. The summed E-state index contributed by atoms with van der Waals surface area (Å²) in [7, 11) is 0. The summed E-state index contributed by atoms with van der Waals surface area (Å²) in [4.78, 5) is 22.1. The van der Waals surface area contributed by atoms with Crippen LogP contribution in [0.3, 0.4) is 0 Å². The second-order valence-corrected chi connectivity index (χ2v) is 4.70. The van der Waals surface area contributed by atoms with Crippen molar-refractivity contribution in [3.63, 3.8) is 0 Å². The Morgan fingerprint density at radius 3 is 2.33 bits per heavy atom. The van der Waals surface area contributed by atoms with Crippen LogP contribution in [0.4, 0.5) is 0 Å². The van der Waals surface area contributed by atoms with Gasteiger partial charge in [-0.05, 0) is 30.0 Å². The van der Waals surface area contributed by atoms with Gasteiger partial charge >= 0.3 is 5.97 Å². The maximum Gasteiger partial charge on any atom is 0.335 e. The van der Waals surface area contributed by atoms with Crippen molar-refractivity contribution in [3.8, 4) is 0 Å². The molecular weight excluding hydrogens is 230 g/mol. The summed E-state index contributed by atoms with van der Waals surface area (Å²) in [6.45, 7) is 4.59. The van der Waals surface area contributed by atoms with Gasteiger partial charge in [0.15, 0.2) is 0 Å². The van der Waals surface area contributed by atoms with E-state index < -0.39 is 5.97 Å². The minimum atomic E-state index is -0.924. The Labute approximate surface area is 107 Å². The van der Waals surface area contributed by atoms with Gasteiger partial charge in [0.1, 0.15) is 0 Å². The number of benzene rings is 1. The van der Waals surface area contributed by atoms with E-state index in [9.17, 15) is 9.59 Å². The normalized spacial score (nSPS) is 10.4. The molecule has 0 fully saturated rings. The molecule has 0 aromatic heterocycles. The van der Waals surface area contributed by atoms with Crippen molar-refractivity contribution in [3.05, 3.63) is 35.4 Å². The third-order valence-electron chi connectivity index (χ3n) is 2.53. The SMILES string of the molecule is CC(C)CC(=O)NCCc1ccc(C(=O)O)cc1. The van der Waals surface area contributed by atoms with Gasteiger partial charge in [0.25, 0.3) is 0 Å². The molecule has 0 heterocycles. The number of nitrogens with one attached hydrogen (secondary N) is 1. The molecule has 0 atom stereocenters. The molecule has 1 aromatic rings. The molecule has 4 nitrogen and oxygen atoms in total. The second kappa shape index (κ2) is 6.79. The first-order chi connectivity index (χ1) is 8.49. The number of carboxylic acid groups (broad SMARTS) is 1. The molecule has 1 aromatic carbocycles. The molecule has 1 amide bonds. The molecule has 0 aliphatic heterocycles. The van der Waals surface area contributed by atoms with Crippen LogP contribution in [0.25, 0.3) is 0 Å². The zero-order chi connectivity index (χ0) is 13.5. The lowest BCUT2D eigenvalue weighted by atomic mass is 10.1. The Morgan fingerprint density at radius 2 is 1.83 bits per heavy atom. The van der Waals surface area contributed by atoms with Gasteiger partial charge in [-0.1, -0.05) is 26.0 Å². The van der Waals surface area contributed by atoms with Gasteiger partial charge in [-0.15, -0.1) is 0 Å². The van der Waals surface area contributed by atoms with E-state index in [1.807, 2.05) is 13.8 Å². The van der Waals surface area contributed by atoms with Crippen molar-refractivity contribution in [1.82, 2.24) is 5.32 Å². The van der Waals surface area contributed by atoms with Gasteiger partial charge in [-0.25, -0.2) is 4.79 Å². The Morgan fingerprint density at radius 1 is 1.22 bits per heavy atom. The predicted molar refractivity (Wildman–Crippen MR) is 69.6 cm³/mol. The molecule has 0 unspecified atom stereocenters. The number of aromatic carboxylic acids is 1. The largest absolute Gasteiger partial charge is 0.478 e. The van der Waals surface area contributed by atoms with Crippen LogP contribution in [0, 0.1) is 5.92 Å². The van der Waals surface area contributed by atoms with Crippen LogP contribution in [0.1, 0.15) is 36.2 Å². The van der Waals surface area contributed by atoms with Crippen molar-refractivity contribution in [2.75, 3.05) is 6.54 Å². The topological polar surface area (TPSA) is 66.4 Å². The second-order valence-electron chi connectivity index (χ2n) is 4.70. The molecule has 0 radical (unpaired) electrons. The van der Waals surface area contributed by atoms with E-state index in [2.05, 4.69) is 5.32 Å². The third kappa shape index (κ3) is 4.99. The smallest absolute Gasteiger partial charge is 0.335 e. The van der Waals surface area contributed by atoms with E-state index >= 15 is 0 Å². The molecule has 0 saturated heterocycles. The zero-order valence-corrected chi connectivity index (χ0v) is 10.8. The average Bonchev–Trinajstić information content (AvgIpc) is 2.28. The lowest BCUT2D eigenvalue weighted by Crippen LogP contribution is -2.26. The first-order valence-corrected chi connectivity index (χ1v) is 6.08. The summed E-state index contributed by atoms with van der Waals surface area (Å²) in [6, 6.07) is 6.71. The molecule has 2 N–H and O–H groups in total. The monoisotopic (exact) mass is 249 g/mol. The standard InChI is InChI=1S/C14H19NO3/c1-10(2)9-13(16)15-8-7-11-3-5-12(6-4-11)14(17)18/h3-6,10H,7-9H2,1-2H3,(H,15,16)(H,17,18). The fraction of sp³-hybridized carbons (Fsp3) is 0.429. The molecule has 4 heteroatoms. The van der Waals surface area contributed by atoms with Crippen molar-refractivity contribution in [2.45, 2.75) is 26.7 Å². The van der Waals surface area contributed by atoms with Gasteiger partial charge in [-0.3, -0.25) is 4.79 Å². The average molecular weight is 249 g/mol. The fourth-order valence-corrected chi connectivity index (χ4v) is 1.60. The van der Waals surface area contributed by atoms with Crippen LogP contribution in [0.2, 0.25) is 0 Å². The van der Waals surface area contributed by atoms with E-state index in [4.69, 9.17) is 5.11 Å². The van der Waals surface area contributed by atoms with E-state index in [-0.39, 0.29) is 11.5 Å². The van der Waals surface area contributed by atoms with Crippen LogP contribution < -0.4 is 5.32 Å². The molecule has 0 aliphatic rings. The van der Waals surface area contributed by atoms with Gasteiger partial charge in [-0.2, -0.15) is 0 Å². The number of carbonyl (C=O) groups excluding carboxylic acids is 1. The Kier molecular flexibility index (Phi) is 5.36. The lowest BCUT2D eigenvalue weighted by Gasteiger charge is -2.07. The van der Waals surface area contributed by atoms with Crippen molar-refractivity contribution in [1.29, 1.82) is 0 Å². The maximum atomic E-state index is 11.4. The summed E-state index contributed by atoms with van der Waals surface area (Å²) in [5.41, 5.74) is 1.30. The third-order valence-corrected chi connectivity index (χ3v) is 2.53. The van der Waals surface area contributed by atoms with Crippen LogP contribution in [-0.4, -0.2) is 23.5 Å². The zero-order valence-electron chi connectivity index (χ0n) is 10.8. The highest BCUT2D eigenvalue weighted by Gasteiger charge is 2.04. The van der Waals surface area contributed by atoms with Gasteiger partial charge in [0, 0.05) is 13.0 Å². The molecule has 1 rings (SSSR count). The minimum absolute atomic E-state index is 0.0622. The van der Waals surface area contributed by atoms with Gasteiger partial charge in [0.2, 0.25) is 5.91 Å². The number of carbonyl (C=O) groups is 2. The molecule has 0 aliphatic carbocycles. The summed E-state index contributed by atoms with van der Waals surface area (Å²) < 4.78 is 0. The van der Waals surface area contributed by atoms with Crippen LogP contribution in [0.15, 0.2) is 24.3 Å². The Balaban J connectivity index is 2.35. The van der Waals surface area contributed by atoms with E-state index in [0.717, 1.165) is 5.56 Å². The summed E-state index contributed by atoms with van der Waals surface area (Å²) in [5.74, 6) is -0.501. The summed E-state index contributed by atoms with van der Waals surface area (Å²) in [5, 5.41) is 11.6. The van der Waals surface area contributed by atoms with Crippen molar-refractivity contribution >= 4 is 11.9 Å². The Hall–Kier alpha value is -1.84. The number of hydrogen-bond donors (Lipinski definition) is 2. The number of hydrogen-bond acceptors (Lipinski definition) is 2. The first kappa shape index (κ1) is 14.2. The molecule has 98 valence electrons. The quantitative estimate of drug-likeness (QED) is 0.811. The minimum Gasteiger partial charge on any atom is -0.478 e. The first-order valence-electron chi connectivity index (χ1n) is 6.08. The lowest BCUT2D eigenvalue weighted by molar-refractivity contribution is -0.121. The highest BCUT2D eigenvalue weighted by molar-refractivity contribution is 5.87. The number of amides is 1. The van der Waals surface area contributed by atoms with Gasteiger partial charge < -0.3 is 10.4 Å². The molecule has 0 bridgehead atoms. The summed E-state index contributed by atoms with van der Waals surface area (Å²) >= 11 is 0. The highest BCUT2D eigenvalue weighted by atomic mass is 16.4. The highest BCUT2D eigenvalue weighted by Crippen LogP contribution is 2.05. The Bertz CT molecular complexity index is 410. The molecule has 0 spiro atoms. The molecule has 0 saturated carbocycles. The molecular formula is C14H19NO3. The van der Waals surface area contributed by atoms with E-state index in [1.165, 1.54) is 0 Å². The van der Waals surface area contributed by atoms with Crippen LogP contribution >= 0.6 is 0 Å². The fourth-order valence-electron chi connectivity index (χ4n) is 1.60.